The molecule has 0 saturated carbocycles. The molecule has 0 aliphatic heterocycles. The van der Waals surface area contributed by atoms with Gasteiger partial charge < -0.3 is 18.2 Å². The van der Waals surface area contributed by atoms with Gasteiger partial charge in [-0.3, -0.25) is 4.79 Å². The van der Waals surface area contributed by atoms with Crippen LogP contribution < -0.4 is 0 Å². The van der Waals surface area contributed by atoms with E-state index in [9.17, 15) is 0 Å². The molecule has 0 saturated heterocycles. The molecule has 0 radical (unpaired) electrons. The Morgan fingerprint density at radius 1 is 1.20 bits per heavy atom. The second-order valence-corrected chi connectivity index (χ2v) is 0.802. The van der Waals surface area contributed by atoms with E-state index in [1.807, 2.05) is 0 Å². The third-order valence-corrected chi connectivity index (χ3v) is 0. The first-order chi connectivity index (χ1) is 3.46. The Balaban J connectivity index is -0.0000000112. The minimum absolute atomic E-state index is 0. The summed E-state index contributed by atoms with van der Waals surface area (Å²) in [5.74, 6) is -0.833. The molecule has 0 amide bonds. The zero-order valence-electron chi connectivity index (χ0n) is 7.22. The van der Waals surface area contributed by atoms with Crippen molar-refractivity contribution in [2.45, 2.75) is 6.92 Å². The standard InChI is InChI=1S/C2H4O2.CH2O3.Fe.Mg.2H/c1-2(3)4;2-1(3)4;;;;/h1H3,(H,3,4);(H2,2,3,4);;;;/q;;;+2;2*-1. The summed E-state index contributed by atoms with van der Waals surface area (Å²) < 4.78 is 0. The van der Waals surface area contributed by atoms with Crippen molar-refractivity contribution in [3.8, 4) is 0 Å². The van der Waals surface area contributed by atoms with Gasteiger partial charge in [0.1, 0.15) is 0 Å². The van der Waals surface area contributed by atoms with E-state index in [1.54, 1.807) is 0 Å². The third-order valence-electron chi connectivity index (χ3n) is 0. The maximum Gasteiger partial charge on any atom is 2.00 e. The summed E-state index contributed by atoms with van der Waals surface area (Å²) in [6, 6.07) is 0. The van der Waals surface area contributed by atoms with Crippen LogP contribution >= 0.6 is 0 Å². The minimum atomic E-state index is -1.83. The Labute approximate surface area is 87.0 Å². The fourth-order valence-corrected chi connectivity index (χ4v) is 0. The van der Waals surface area contributed by atoms with Gasteiger partial charge in [-0.1, -0.05) is 0 Å². The van der Waals surface area contributed by atoms with Crippen LogP contribution in [0.1, 0.15) is 9.78 Å². The van der Waals surface area contributed by atoms with Crippen molar-refractivity contribution in [3.05, 3.63) is 0 Å². The van der Waals surface area contributed by atoms with Crippen LogP contribution in [0, 0.1) is 0 Å². The molecule has 0 aliphatic carbocycles. The van der Waals surface area contributed by atoms with Gasteiger partial charge in [0, 0.05) is 24.0 Å². The zero-order chi connectivity index (χ0) is 7.15. The van der Waals surface area contributed by atoms with E-state index in [4.69, 9.17) is 24.9 Å². The molecule has 0 aliphatic rings. The van der Waals surface area contributed by atoms with Crippen LogP contribution in [0.2, 0.25) is 0 Å². The van der Waals surface area contributed by atoms with E-state index in [-0.39, 0.29) is 43.0 Å². The Morgan fingerprint density at radius 3 is 1.20 bits per heavy atom. The summed E-state index contributed by atoms with van der Waals surface area (Å²) in [5, 5.41) is 21.4. The quantitative estimate of drug-likeness (QED) is 0.488. The summed E-state index contributed by atoms with van der Waals surface area (Å²) >= 11 is 0. The van der Waals surface area contributed by atoms with E-state index >= 15 is 0 Å². The monoisotopic (exact) mass is 204 g/mol. The Kier molecular flexibility index (Phi) is 36.0. The van der Waals surface area contributed by atoms with E-state index in [1.165, 1.54) is 0 Å². The van der Waals surface area contributed by atoms with Crippen molar-refractivity contribution >= 4 is 35.2 Å². The van der Waals surface area contributed by atoms with E-state index in [0.29, 0.717) is 0 Å². The van der Waals surface area contributed by atoms with Gasteiger partial charge in [0.05, 0.1) is 0 Å². The van der Waals surface area contributed by atoms with Gasteiger partial charge >= 0.3 is 29.2 Å². The zero-order valence-corrected chi connectivity index (χ0v) is 7.74. The molecule has 5 nitrogen and oxygen atoms in total. The Hall–Kier alpha value is 0.0257. The van der Waals surface area contributed by atoms with E-state index in [0.717, 1.165) is 6.92 Å². The van der Waals surface area contributed by atoms with Crippen molar-refractivity contribution < 1.29 is 44.8 Å². The van der Waals surface area contributed by atoms with Crippen molar-refractivity contribution in [1.82, 2.24) is 0 Å². The smallest absolute Gasteiger partial charge is 1.00 e. The van der Waals surface area contributed by atoms with Crippen LogP contribution in [0.5, 0.6) is 0 Å². The summed E-state index contributed by atoms with van der Waals surface area (Å²) in [6.07, 6.45) is -1.83. The SMILES string of the molecule is CC(=O)O.O=C(O)O.[Fe].[H-].[H-].[Mg+2]. The first-order valence-electron chi connectivity index (χ1n) is 1.58. The van der Waals surface area contributed by atoms with E-state index in [2.05, 4.69) is 0 Å². The summed E-state index contributed by atoms with van der Waals surface area (Å²) in [7, 11) is 0. The number of carboxylic acids is 1. The molecule has 0 atom stereocenters. The molecule has 0 aromatic carbocycles. The van der Waals surface area contributed by atoms with Gasteiger partial charge in [0.2, 0.25) is 0 Å². The average molecular weight is 204 g/mol. The van der Waals surface area contributed by atoms with Crippen molar-refractivity contribution in [2.24, 2.45) is 0 Å². The number of hydrogen-bond acceptors (Lipinski definition) is 2. The predicted octanol–water partition coefficient (Wildman–Crippen LogP) is 0.155. The van der Waals surface area contributed by atoms with Crippen LogP contribution in [0.3, 0.4) is 0 Å². The van der Waals surface area contributed by atoms with Crippen molar-refractivity contribution in [3.63, 3.8) is 0 Å². The average Bonchev–Trinajstić information content (AvgIpc) is 1.25. The van der Waals surface area contributed by atoms with Crippen LogP contribution in [-0.2, 0) is 21.9 Å². The predicted molar refractivity (Wildman–Crippen MR) is 31.9 cm³/mol. The first kappa shape index (κ1) is 22.5. The second kappa shape index (κ2) is 16.0. The minimum Gasteiger partial charge on any atom is -1.00 e. The number of rotatable bonds is 0. The molecule has 60 valence electrons. The molecule has 7 heteroatoms. The second-order valence-electron chi connectivity index (χ2n) is 0.802. The van der Waals surface area contributed by atoms with Crippen LogP contribution in [0.4, 0.5) is 4.79 Å². The molecule has 0 rings (SSSR count). The largest absolute Gasteiger partial charge is 2.00 e. The van der Waals surface area contributed by atoms with Crippen molar-refractivity contribution in [1.29, 1.82) is 0 Å². The van der Waals surface area contributed by atoms with Gasteiger partial charge in [-0.05, 0) is 0 Å². The van der Waals surface area contributed by atoms with Crippen LogP contribution in [0.25, 0.3) is 0 Å². The van der Waals surface area contributed by atoms with Gasteiger partial charge in [-0.25, -0.2) is 4.79 Å². The number of carbonyl (C=O) groups is 2. The molecular formula is C3H8FeMgO5. The molecule has 0 aromatic heterocycles. The molecular weight excluding hydrogens is 196 g/mol. The maximum atomic E-state index is 9.00. The normalized spacial score (nSPS) is 4.90. The summed E-state index contributed by atoms with van der Waals surface area (Å²) in [5.41, 5.74) is 0. The summed E-state index contributed by atoms with van der Waals surface area (Å²) in [4.78, 5) is 17.6. The van der Waals surface area contributed by atoms with E-state index < -0.39 is 12.1 Å². The molecule has 0 heterocycles. The number of aliphatic carboxylic acids is 1. The molecule has 0 aromatic rings. The molecule has 0 bridgehead atoms. The van der Waals surface area contributed by atoms with Gasteiger partial charge in [0.25, 0.3) is 5.97 Å². The molecule has 10 heavy (non-hydrogen) atoms. The van der Waals surface area contributed by atoms with Crippen LogP contribution in [0.15, 0.2) is 0 Å². The Bertz CT molecular complexity index is 82.7. The fraction of sp³-hybridized carbons (Fsp3) is 0.333. The van der Waals surface area contributed by atoms with Gasteiger partial charge in [-0.2, -0.15) is 0 Å². The Morgan fingerprint density at radius 2 is 1.20 bits per heavy atom. The number of carboxylic acid groups (broad SMARTS) is 3. The molecule has 0 spiro atoms. The van der Waals surface area contributed by atoms with Gasteiger partial charge in [-0.15, -0.1) is 0 Å². The molecule has 3 N–H and O–H groups in total. The summed E-state index contributed by atoms with van der Waals surface area (Å²) in [6.45, 7) is 1.08. The topological polar surface area (TPSA) is 94.8 Å². The third kappa shape index (κ3) is 599000. The molecule has 0 fully saturated rings. The number of hydrogen-bond donors (Lipinski definition) is 3. The van der Waals surface area contributed by atoms with Gasteiger partial charge in [0.15, 0.2) is 0 Å². The first-order valence-corrected chi connectivity index (χ1v) is 1.58. The van der Waals surface area contributed by atoms with Crippen molar-refractivity contribution in [2.75, 3.05) is 0 Å². The molecule has 0 unspecified atom stereocenters. The maximum absolute atomic E-state index is 9.00. The van der Waals surface area contributed by atoms with Crippen LogP contribution in [-0.4, -0.2) is 50.5 Å². The fourth-order valence-electron chi connectivity index (χ4n) is 0.